The molecular weight excluding hydrogens is 687 g/mol. The quantitative estimate of drug-likeness (QED) is 0.157. The molecule has 4 aliphatic carbocycles. The lowest BCUT2D eigenvalue weighted by molar-refractivity contribution is 0.420. The molecule has 0 radical (unpaired) electrons. The lowest BCUT2D eigenvalue weighted by Gasteiger charge is -2.30. The average molecular weight is 740 g/mol. The molecule has 1 heteroatoms. The first-order valence-corrected chi connectivity index (χ1v) is 21.9. The molecule has 11 rings (SSSR count). The maximum atomic E-state index is 2.53. The van der Waals surface area contributed by atoms with Crippen molar-refractivity contribution in [2.45, 2.75) is 88.9 Å². The third kappa shape index (κ3) is 5.96. The Balaban J connectivity index is 1.02. The van der Waals surface area contributed by atoms with Gasteiger partial charge in [0.05, 0.1) is 0 Å². The maximum absolute atomic E-state index is 2.53. The van der Waals surface area contributed by atoms with E-state index >= 15 is 0 Å². The van der Waals surface area contributed by atoms with Crippen LogP contribution in [-0.4, -0.2) is 0 Å². The summed E-state index contributed by atoms with van der Waals surface area (Å²) in [7, 11) is 0. The number of benzene rings is 7. The van der Waals surface area contributed by atoms with Crippen LogP contribution in [0.4, 0.5) is 17.1 Å². The van der Waals surface area contributed by atoms with Crippen LogP contribution in [0.25, 0.3) is 44.2 Å². The van der Waals surface area contributed by atoms with Gasteiger partial charge in [-0.2, -0.15) is 0 Å². The van der Waals surface area contributed by atoms with Crippen molar-refractivity contribution < 1.29 is 0 Å². The standard InChI is InChI=1S/C56H53N/c1-56(2)54-36-47(30-31-51(54)52-21-11-20-50(55(52)56)44-25-24-38-12-6-7-15-41(38)34-44)57(45-28-26-40(27-29-45)53-33-37-22-23-43(53)32-37)46-17-10-16-42(35-46)49-19-9-8-18-48(49)39-13-4-3-5-14-39/h6-12,15-21,24-31,34-37,39,43,53H,3-5,13-14,22-23,32-33H2,1-2H3. The molecule has 7 aromatic rings. The normalized spacial score (nSPS) is 20.8. The molecule has 3 fully saturated rings. The van der Waals surface area contributed by atoms with Crippen molar-refractivity contribution in [3.05, 3.63) is 174 Å². The topological polar surface area (TPSA) is 3.24 Å². The fraction of sp³-hybridized carbons (Fsp3) is 0.286. The zero-order valence-corrected chi connectivity index (χ0v) is 33.6. The Bertz CT molecular complexity index is 2620. The second kappa shape index (κ2) is 13.9. The van der Waals surface area contributed by atoms with Crippen LogP contribution in [0.5, 0.6) is 0 Å². The van der Waals surface area contributed by atoms with Crippen LogP contribution in [0.15, 0.2) is 152 Å². The van der Waals surface area contributed by atoms with E-state index in [1.807, 2.05) is 0 Å². The number of hydrogen-bond donors (Lipinski definition) is 0. The van der Waals surface area contributed by atoms with Crippen LogP contribution in [-0.2, 0) is 5.41 Å². The number of anilines is 3. The van der Waals surface area contributed by atoms with Gasteiger partial charge in [0.15, 0.2) is 0 Å². The molecule has 0 saturated heterocycles. The van der Waals surface area contributed by atoms with Crippen molar-refractivity contribution in [1.82, 2.24) is 0 Å². The molecule has 3 unspecified atom stereocenters. The van der Waals surface area contributed by atoms with Gasteiger partial charge >= 0.3 is 0 Å². The number of fused-ring (bicyclic) bond motifs is 6. The average Bonchev–Trinajstić information content (AvgIpc) is 3.97. The van der Waals surface area contributed by atoms with Crippen molar-refractivity contribution in [3.63, 3.8) is 0 Å². The Morgan fingerprint density at radius 1 is 0.491 bits per heavy atom. The Morgan fingerprint density at radius 3 is 2.04 bits per heavy atom. The van der Waals surface area contributed by atoms with E-state index in [-0.39, 0.29) is 5.41 Å². The van der Waals surface area contributed by atoms with E-state index < -0.39 is 0 Å². The fourth-order valence-electron chi connectivity index (χ4n) is 11.9. The minimum atomic E-state index is -0.180. The molecule has 0 amide bonds. The van der Waals surface area contributed by atoms with Crippen molar-refractivity contribution in [1.29, 1.82) is 0 Å². The van der Waals surface area contributed by atoms with E-state index in [1.165, 1.54) is 141 Å². The molecule has 2 bridgehead atoms. The van der Waals surface area contributed by atoms with Crippen LogP contribution >= 0.6 is 0 Å². The zero-order chi connectivity index (χ0) is 38.1. The predicted octanol–water partition coefficient (Wildman–Crippen LogP) is 15.9. The summed E-state index contributed by atoms with van der Waals surface area (Å²) in [5, 5.41) is 2.57. The third-order valence-electron chi connectivity index (χ3n) is 14.7. The van der Waals surface area contributed by atoms with E-state index in [1.54, 1.807) is 0 Å². The smallest absolute Gasteiger partial charge is 0.0467 e. The number of rotatable bonds is 7. The van der Waals surface area contributed by atoms with Gasteiger partial charge in [0.1, 0.15) is 0 Å². The van der Waals surface area contributed by atoms with E-state index in [0.717, 1.165) is 17.8 Å². The van der Waals surface area contributed by atoms with Gasteiger partial charge in [-0.3, -0.25) is 0 Å². The molecule has 0 aromatic heterocycles. The predicted molar refractivity (Wildman–Crippen MR) is 241 cm³/mol. The molecule has 57 heavy (non-hydrogen) atoms. The highest BCUT2D eigenvalue weighted by Crippen LogP contribution is 2.55. The van der Waals surface area contributed by atoms with Gasteiger partial charge < -0.3 is 4.90 Å². The zero-order valence-electron chi connectivity index (χ0n) is 33.6. The van der Waals surface area contributed by atoms with Crippen molar-refractivity contribution >= 4 is 27.8 Å². The summed E-state index contributed by atoms with van der Waals surface area (Å²) >= 11 is 0. The van der Waals surface area contributed by atoms with Crippen LogP contribution in [0.1, 0.15) is 106 Å². The Kier molecular flexibility index (Phi) is 8.50. The molecule has 3 atom stereocenters. The minimum Gasteiger partial charge on any atom is -0.310 e. The van der Waals surface area contributed by atoms with E-state index in [4.69, 9.17) is 0 Å². The maximum Gasteiger partial charge on any atom is 0.0467 e. The molecule has 7 aromatic carbocycles. The first kappa shape index (κ1) is 34.8. The molecule has 0 aliphatic heterocycles. The summed E-state index contributed by atoms with van der Waals surface area (Å²) in [5.41, 5.74) is 17.4. The third-order valence-corrected chi connectivity index (χ3v) is 14.7. The molecule has 1 nitrogen and oxygen atoms in total. The van der Waals surface area contributed by atoms with Crippen LogP contribution < -0.4 is 4.90 Å². The molecule has 0 spiro atoms. The van der Waals surface area contributed by atoms with Gasteiger partial charge in [0.25, 0.3) is 0 Å². The minimum absolute atomic E-state index is 0.180. The Hall–Kier alpha value is -5.40. The van der Waals surface area contributed by atoms with Gasteiger partial charge in [-0.15, -0.1) is 0 Å². The number of hydrogen-bond acceptors (Lipinski definition) is 1. The van der Waals surface area contributed by atoms with Crippen molar-refractivity contribution in [3.8, 4) is 33.4 Å². The first-order valence-electron chi connectivity index (χ1n) is 21.9. The van der Waals surface area contributed by atoms with Gasteiger partial charge in [-0.25, -0.2) is 0 Å². The lowest BCUT2D eigenvalue weighted by atomic mass is 9.78. The van der Waals surface area contributed by atoms with Gasteiger partial charge in [0.2, 0.25) is 0 Å². The van der Waals surface area contributed by atoms with Gasteiger partial charge in [-0.1, -0.05) is 149 Å². The number of nitrogens with zero attached hydrogens (tertiary/aromatic N) is 1. The van der Waals surface area contributed by atoms with Crippen LogP contribution in [0.2, 0.25) is 0 Å². The second-order valence-electron chi connectivity index (χ2n) is 18.3. The van der Waals surface area contributed by atoms with E-state index in [9.17, 15) is 0 Å². The van der Waals surface area contributed by atoms with Crippen LogP contribution in [0.3, 0.4) is 0 Å². The molecule has 4 aliphatic rings. The monoisotopic (exact) mass is 739 g/mol. The first-order chi connectivity index (χ1) is 28.0. The Morgan fingerprint density at radius 2 is 1.21 bits per heavy atom. The summed E-state index contributed by atoms with van der Waals surface area (Å²) in [6.45, 7) is 4.87. The second-order valence-corrected chi connectivity index (χ2v) is 18.3. The van der Waals surface area contributed by atoms with Gasteiger partial charge in [0, 0.05) is 22.5 Å². The summed E-state index contributed by atoms with van der Waals surface area (Å²) in [6, 6.07) is 58.2. The van der Waals surface area contributed by atoms with Gasteiger partial charge in [-0.05, 0) is 165 Å². The lowest BCUT2D eigenvalue weighted by Crippen LogP contribution is -2.17. The SMILES string of the molecule is CC1(C)c2cc(N(c3ccc(C4CC5CCC4C5)cc3)c3cccc(-c4ccccc4C4CCCCC4)c3)ccc2-c2cccc(-c3ccc4ccccc4c3)c21. The molecule has 0 heterocycles. The summed E-state index contributed by atoms with van der Waals surface area (Å²) in [4.78, 5) is 2.53. The van der Waals surface area contributed by atoms with Crippen LogP contribution in [0, 0.1) is 11.8 Å². The highest BCUT2D eigenvalue weighted by molar-refractivity contribution is 5.93. The largest absolute Gasteiger partial charge is 0.310 e. The Labute approximate surface area is 339 Å². The molecular formula is C56H53N. The van der Waals surface area contributed by atoms with Crippen molar-refractivity contribution in [2.24, 2.45) is 11.8 Å². The highest BCUT2D eigenvalue weighted by atomic mass is 15.1. The van der Waals surface area contributed by atoms with E-state index in [2.05, 4.69) is 170 Å². The molecule has 282 valence electrons. The summed E-state index contributed by atoms with van der Waals surface area (Å²) in [5.74, 6) is 3.18. The van der Waals surface area contributed by atoms with E-state index in [0.29, 0.717) is 5.92 Å². The highest BCUT2D eigenvalue weighted by Gasteiger charge is 2.41. The fourth-order valence-corrected chi connectivity index (χ4v) is 11.9. The molecule has 3 saturated carbocycles. The van der Waals surface area contributed by atoms with Crippen molar-refractivity contribution in [2.75, 3.05) is 4.90 Å². The summed E-state index contributed by atoms with van der Waals surface area (Å²) in [6.07, 6.45) is 12.3. The molecule has 0 N–H and O–H groups in total. The summed E-state index contributed by atoms with van der Waals surface area (Å²) < 4.78 is 0.